The summed E-state index contributed by atoms with van der Waals surface area (Å²) in [4.78, 5) is 25.5. The van der Waals surface area contributed by atoms with Gasteiger partial charge in [0.15, 0.2) is 11.6 Å². The predicted molar refractivity (Wildman–Crippen MR) is 122 cm³/mol. The van der Waals surface area contributed by atoms with Gasteiger partial charge in [0.2, 0.25) is 0 Å². The smallest absolute Gasteiger partial charge is 0.190 e. The van der Waals surface area contributed by atoms with Gasteiger partial charge in [-0.2, -0.15) is 0 Å². The number of benzene rings is 1. The van der Waals surface area contributed by atoms with Crippen LogP contribution in [0.2, 0.25) is 0 Å². The second-order valence-corrected chi connectivity index (χ2v) is 10.2. The molecule has 1 aliphatic carbocycles. The molecular formula is C27H38O2. The van der Waals surface area contributed by atoms with E-state index < -0.39 is 0 Å². The van der Waals surface area contributed by atoms with Crippen LogP contribution in [0.25, 0.3) is 0 Å². The summed E-state index contributed by atoms with van der Waals surface area (Å²) in [7, 11) is 0. The van der Waals surface area contributed by atoms with Crippen LogP contribution >= 0.6 is 0 Å². The van der Waals surface area contributed by atoms with Gasteiger partial charge in [-0.1, -0.05) is 77.0 Å². The summed E-state index contributed by atoms with van der Waals surface area (Å²) in [6.07, 6.45) is 7.46. The summed E-state index contributed by atoms with van der Waals surface area (Å²) in [5.74, 6) is 1.51. The van der Waals surface area contributed by atoms with Gasteiger partial charge < -0.3 is 0 Å². The molecule has 0 spiro atoms. The molecule has 0 amide bonds. The second-order valence-electron chi connectivity index (χ2n) is 10.2. The highest BCUT2D eigenvalue weighted by atomic mass is 16.1. The molecule has 1 aromatic carbocycles. The average molecular weight is 395 g/mol. The number of ketones is 2. The van der Waals surface area contributed by atoms with E-state index in [4.69, 9.17) is 0 Å². The van der Waals surface area contributed by atoms with E-state index >= 15 is 0 Å². The van der Waals surface area contributed by atoms with E-state index in [1.165, 1.54) is 24.8 Å². The molecule has 0 bridgehead atoms. The van der Waals surface area contributed by atoms with Gasteiger partial charge in [-0.25, -0.2) is 0 Å². The Morgan fingerprint density at radius 1 is 1.03 bits per heavy atom. The molecule has 0 saturated carbocycles. The second kappa shape index (κ2) is 9.69. The summed E-state index contributed by atoms with van der Waals surface area (Å²) in [5.41, 5.74) is 3.87. The number of rotatable bonds is 9. The van der Waals surface area contributed by atoms with E-state index in [0.29, 0.717) is 28.7 Å². The summed E-state index contributed by atoms with van der Waals surface area (Å²) in [5, 5.41) is 0. The third-order valence-electron chi connectivity index (χ3n) is 6.08. The van der Waals surface area contributed by atoms with Crippen molar-refractivity contribution in [2.75, 3.05) is 0 Å². The van der Waals surface area contributed by atoms with Crippen LogP contribution < -0.4 is 0 Å². The minimum atomic E-state index is -0.0132. The topological polar surface area (TPSA) is 34.1 Å². The number of hydrogen-bond acceptors (Lipinski definition) is 2. The van der Waals surface area contributed by atoms with Crippen molar-refractivity contribution < 1.29 is 9.59 Å². The highest BCUT2D eigenvalue weighted by molar-refractivity contribution is 6.26. The fraction of sp³-hybridized carbons (Fsp3) is 0.556. The molecule has 2 heteroatoms. The number of allylic oxidation sites excluding steroid dienone is 4. The van der Waals surface area contributed by atoms with E-state index in [9.17, 15) is 9.59 Å². The van der Waals surface area contributed by atoms with Gasteiger partial charge in [0.25, 0.3) is 0 Å². The largest absolute Gasteiger partial charge is 0.289 e. The molecule has 2 rings (SSSR count). The number of carbonyl (C=O) groups excluding carboxylic acids is 2. The lowest BCUT2D eigenvalue weighted by atomic mass is 9.78. The first kappa shape index (κ1) is 23.3. The van der Waals surface area contributed by atoms with E-state index in [1.807, 2.05) is 12.1 Å². The van der Waals surface area contributed by atoms with Gasteiger partial charge in [0, 0.05) is 22.3 Å². The molecule has 158 valence electrons. The minimum Gasteiger partial charge on any atom is -0.289 e. The van der Waals surface area contributed by atoms with Crippen molar-refractivity contribution in [1.29, 1.82) is 0 Å². The van der Waals surface area contributed by atoms with Crippen molar-refractivity contribution >= 4 is 11.6 Å². The molecule has 0 N–H and O–H groups in total. The third kappa shape index (κ3) is 6.26. The summed E-state index contributed by atoms with van der Waals surface area (Å²) >= 11 is 0. The molecule has 2 nitrogen and oxygen atoms in total. The molecule has 0 aromatic heterocycles. The Bertz CT molecular complexity index is 821. The maximum Gasteiger partial charge on any atom is 0.190 e. The van der Waals surface area contributed by atoms with Crippen molar-refractivity contribution in [1.82, 2.24) is 0 Å². The number of hydrogen-bond donors (Lipinski definition) is 0. The van der Waals surface area contributed by atoms with Gasteiger partial charge in [-0.3, -0.25) is 9.59 Å². The zero-order chi connectivity index (χ0) is 21.8. The summed E-state index contributed by atoms with van der Waals surface area (Å²) < 4.78 is 0. The number of carbonyl (C=O) groups is 2. The predicted octanol–water partition coefficient (Wildman–Crippen LogP) is 7.60. The first-order valence-corrected chi connectivity index (χ1v) is 11.1. The molecule has 1 aliphatic rings. The van der Waals surface area contributed by atoms with Crippen LogP contribution in [0.4, 0.5) is 0 Å². The molecule has 0 fully saturated rings. The van der Waals surface area contributed by atoms with Crippen molar-refractivity contribution in [3.05, 3.63) is 58.2 Å². The van der Waals surface area contributed by atoms with Crippen LogP contribution in [0, 0.1) is 17.3 Å². The highest BCUT2D eigenvalue weighted by Crippen LogP contribution is 2.34. The number of Topliss-reactive ketones (excluding diaryl/α,β-unsaturated/α-hetero) is 2. The first-order chi connectivity index (χ1) is 13.5. The molecule has 29 heavy (non-hydrogen) atoms. The van der Waals surface area contributed by atoms with Crippen LogP contribution in [0.1, 0.15) is 101 Å². The number of fused-ring (bicyclic) bond motifs is 1. The van der Waals surface area contributed by atoms with Crippen LogP contribution in [0.5, 0.6) is 0 Å². The zero-order valence-corrected chi connectivity index (χ0v) is 19.4. The van der Waals surface area contributed by atoms with Crippen molar-refractivity contribution in [2.24, 2.45) is 17.3 Å². The quantitative estimate of drug-likeness (QED) is 0.404. The summed E-state index contributed by atoms with van der Waals surface area (Å²) in [6.45, 7) is 15.6. The standard InChI is InChI=1S/C27H38O2/c1-18(2)16-19(3)14-15-27(6,7)17-20(4)12-13-22-21(5)25(28)23-10-8-9-11-24(23)26(22)29/h8-12,18-19H,13-17H2,1-7H3/b20-12+. The molecule has 1 atom stereocenters. The van der Waals surface area contributed by atoms with Crippen molar-refractivity contribution in [3.8, 4) is 0 Å². The van der Waals surface area contributed by atoms with Crippen molar-refractivity contribution in [3.63, 3.8) is 0 Å². The molecule has 0 heterocycles. The Kier molecular flexibility index (Phi) is 7.80. The Balaban J connectivity index is 2.03. The van der Waals surface area contributed by atoms with E-state index in [0.717, 1.165) is 18.3 Å². The lowest BCUT2D eigenvalue weighted by Crippen LogP contribution is -2.20. The minimum absolute atomic E-state index is 0.00326. The van der Waals surface area contributed by atoms with E-state index in [2.05, 4.69) is 47.6 Å². The lowest BCUT2D eigenvalue weighted by molar-refractivity contribution is 0.0973. The summed E-state index contributed by atoms with van der Waals surface area (Å²) in [6, 6.07) is 7.16. The molecular weight excluding hydrogens is 356 g/mol. The zero-order valence-electron chi connectivity index (χ0n) is 19.4. The van der Waals surface area contributed by atoms with Gasteiger partial charge in [0.05, 0.1) is 0 Å². The van der Waals surface area contributed by atoms with Crippen LogP contribution in [0.3, 0.4) is 0 Å². The van der Waals surface area contributed by atoms with Crippen LogP contribution in [-0.4, -0.2) is 11.6 Å². The monoisotopic (exact) mass is 394 g/mol. The molecule has 0 aliphatic heterocycles. The average Bonchev–Trinajstić information content (AvgIpc) is 2.64. The van der Waals surface area contributed by atoms with Gasteiger partial charge >= 0.3 is 0 Å². The van der Waals surface area contributed by atoms with E-state index in [1.54, 1.807) is 19.1 Å². The Morgan fingerprint density at radius 2 is 1.62 bits per heavy atom. The van der Waals surface area contributed by atoms with Crippen LogP contribution in [-0.2, 0) is 0 Å². The first-order valence-electron chi connectivity index (χ1n) is 11.1. The maximum atomic E-state index is 12.9. The normalized spacial score (nSPS) is 16.5. The van der Waals surface area contributed by atoms with Crippen LogP contribution in [0.15, 0.2) is 47.1 Å². The van der Waals surface area contributed by atoms with Gasteiger partial charge in [0.1, 0.15) is 0 Å². The maximum absolute atomic E-state index is 12.9. The SMILES string of the molecule is CC1=C(C/C=C(\C)CC(C)(C)CCC(C)CC(C)C)C(=O)c2ccccc2C1=O. The fourth-order valence-electron chi connectivity index (χ4n) is 4.55. The Morgan fingerprint density at radius 3 is 2.21 bits per heavy atom. The van der Waals surface area contributed by atoms with E-state index in [-0.39, 0.29) is 17.0 Å². The highest BCUT2D eigenvalue weighted by Gasteiger charge is 2.29. The third-order valence-corrected chi connectivity index (χ3v) is 6.08. The molecule has 1 unspecified atom stereocenters. The molecule has 0 saturated heterocycles. The lowest BCUT2D eigenvalue weighted by Gasteiger charge is -2.27. The fourth-order valence-corrected chi connectivity index (χ4v) is 4.55. The molecule has 1 aromatic rings. The van der Waals surface area contributed by atoms with Crippen molar-refractivity contribution in [2.45, 2.75) is 80.6 Å². The Hall–Kier alpha value is -1.96. The Labute approximate surface area is 177 Å². The van der Waals surface area contributed by atoms with Gasteiger partial charge in [-0.15, -0.1) is 0 Å². The van der Waals surface area contributed by atoms with Gasteiger partial charge in [-0.05, 0) is 56.8 Å². The molecule has 0 radical (unpaired) electrons.